The minimum Gasteiger partial charge on any atom is -0.493 e. The van der Waals surface area contributed by atoms with Crippen molar-refractivity contribution >= 4 is 39.4 Å². The van der Waals surface area contributed by atoms with Crippen molar-refractivity contribution in [2.24, 2.45) is 0 Å². The normalized spacial score (nSPS) is 11.4. The molecule has 0 aliphatic heterocycles. The number of hydrogen-bond acceptors (Lipinski definition) is 3. The first kappa shape index (κ1) is 24.7. The molecule has 0 atom stereocenters. The van der Waals surface area contributed by atoms with Crippen molar-refractivity contribution in [2.45, 2.75) is 32.7 Å². The van der Waals surface area contributed by atoms with Gasteiger partial charge in [-0.05, 0) is 53.1 Å². The molecule has 37 heavy (non-hydrogen) atoms. The molecule has 0 amide bonds. The Bertz CT molecular complexity index is 1580. The molecule has 5 rings (SSSR count). The third-order valence-corrected chi connectivity index (χ3v) is 6.78. The lowest BCUT2D eigenvalue weighted by molar-refractivity contribution is 0.141. The zero-order valence-corrected chi connectivity index (χ0v) is 21.5. The second-order valence-corrected chi connectivity index (χ2v) is 9.72. The summed E-state index contributed by atoms with van der Waals surface area (Å²) in [5.41, 5.74) is 3.64. The van der Waals surface area contributed by atoms with Gasteiger partial charge in [-0.15, -0.1) is 0 Å². The molecule has 0 fully saturated rings. The lowest BCUT2D eigenvalue weighted by atomic mass is 9.92. The zero-order chi connectivity index (χ0) is 25.9. The second kappa shape index (κ2) is 10.6. The van der Waals surface area contributed by atoms with Gasteiger partial charge in [-0.3, -0.25) is 0 Å². The van der Waals surface area contributed by atoms with Gasteiger partial charge in [0.15, 0.2) is 0 Å². The first-order valence-corrected chi connectivity index (χ1v) is 12.7. The summed E-state index contributed by atoms with van der Waals surface area (Å²) in [4.78, 5) is 11.8. The monoisotopic (exact) mass is 513 g/mol. The van der Waals surface area contributed by atoms with Crippen molar-refractivity contribution in [1.29, 1.82) is 0 Å². The summed E-state index contributed by atoms with van der Waals surface area (Å²) in [6, 6.07) is 27.8. The van der Waals surface area contributed by atoms with Gasteiger partial charge in [0.1, 0.15) is 5.75 Å². The van der Waals surface area contributed by atoms with Crippen molar-refractivity contribution < 1.29 is 19.4 Å². The number of carbonyl (C=O) groups is 1. The van der Waals surface area contributed by atoms with Gasteiger partial charge in [-0.1, -0.05) is 86.1 Å². The Balaban J connectivity index is 1.52. The van der Waals surface area contributed by atoms with Gasteiger partial charge in [-0.2, -0.15) is 0 Å². The molecule has 0 aliphatic carbocycles. The molecule has 4 aromatic carbocycles. The lowest BCUT2D eigenvalue weighted by Crippen LogP contribution is -2.11. The van der Waals surface area contributed by atoms with Gasteiger partial charge in [0.05, 0.1) is 17.7 Å². The average Bonchev–Trinajstić information content (AvgIpc) is 3.17. The Kier molecular flexibility index (Phi) is 7.06. The van der Waals surface area contributed by atoms with Gasteiger partial charge in [0.25, 0.3) is 0 Å². The number of aromatic nitrogens is 1. The van der Waals surface area contributed by atoms with Gasteiger partial charge < -0.3 is 19.1 Å². The Morgan fingerprint density at radius 1 is 0.946 bits per heavy atom. The predicted molar refractivity (Wildman–Crippen MR) is 149 cm³/mol. The van der Waals surface area contributed by atoms with Gasteiger partial charge in [-0.25, -0.2) is 4.79 Å². The second-order valence-electron chi connectivity index (χ2n) is 9.28. The maximum Gasteiger partial charge on any atom is 0.512 e. The molecule has 1 N–H and O–H groups in total. The summed E-state index contributed by atoms with van der Waals surface area (Å²) < 4.78 is 13.5. The largest absolute Gasteiger partial charge is 0.512 e. The highest BCUT2D eigenvalue weighted by atomic mass is 35.5. The van der Waals surface area contributed by atoms with E-state index in [0.29, 0.717) is 30.5 Å². The Morgan fingerprint density at radius 2 is 1.70 bits per heavy atom. The minimum absolute atomic E-state index is 0.237. The van der Waals surface area contributed by atoms with E-state index in [0.717, 1.165) is 44.1 Å². The van der Waals surface area contributed by atoms with Crippen LogP contribution in [0.3, 0.4) is 0 Å². The minimum atomic E-state index is -1.36. The van der Waals surface area contributed by atoms with Crippen LogP contribution in [0.5, 0.6) is 11.6 Å². The Morgan fingerprint density at radius 3 is 2.51 bits per heavy atom. The number of carboxylic acid groups (broad SMARTS) is 1. The van der Waals surface area contributed by atoms with Crippen molar-refractivity contribution in [1.82, 2.24) is 4.57 Å². The van der Waals surface area contributed by atoms with Crippen LogP contribution in [0.1, 0.15) is 31.7 Å². The topological polar surface area (TPSA) is 60.7 Å². The Labute approximate surface area is 220 Å². The number of ether oxygens (including phenoxy) is 2. The van der Waals surface area contributed by atoms with E-state index in [2.05, 4.69) is 32.0 Å². The quantitative estimate of drug-likeness (QED) is 0.166. The summed E-state index contributed by atoms with van der Waals surface area (Å²) in [6.07, 6.45) is -0.706. The average molecular weight is 514 g/mol. The van der Waals surface area contributed by atoms with Gasteiger partial charge in [0, 0.05) is 22.3 Å². The third-order valence-electron chi connectivity index (χ3n) is 6.55. The number of benzene rings is 4. The number of nitrogens with zero attached hydrogens (tertiary/aromatic N) is 1. The molecular weight excluding hydrogens is 486 g/mol. The van der Waals surface area contributed by atoms with E-state index in [9.17, 15) is 9.90 Å². The van der Waals surface area contributed by atoms with Crippen LogP contribution in [0.2, 0.25) is 5.02 Å². The van der Waals surface area contributed by atoms with Crippen LogP contribution in [-0.4, -0.2) is 22.4 Å². The molecule has 1 aromatic heterocycles. The highest BCUT2D eigenvalue weighted by molar-refractivity contribution is 6.31. The summed E-state index contributed by atoms with van der Waals surface area (Å²) in [6.45, 7) is 5.21. The van der Waals surface area contributed by atoms with Crippen molar-refractivity contribution in [3.8, 4) is 22.8 Å². The van der Waals surface area contributed by atoms with Gasteiger partial charge >= 0.3 is 6.16 Å². The molecule has 6 heteroatoms. The molecule has 0 saturated carbocycles. The molecule has 5 nitrogen and oxygen atoms in total. The summed E-state index contributed by atoms with van der Waals surface area (Å²) >= 11 is 6.40. The molecule has 1 heterocycles. The SMILES string of the molecule is CC(C)c1ccccc1-c1c(OC(=O)O)n(CCCOc2cccc3ccccc23)c2ccc(Cl)cc12. The van der Waals surface area contributed by atoms with Crippen molar-refractivity contribution in [3.63, 3.8) is 0 Å². The fraction of sp³-hybridized carbons (Fsp3) is 0.194. The molecule has 0 spiro atoms. The van der Waals surface area contributed by atoms with Crippen LogP contribution in [0, 0.1) is 0 Å². The van der Waals surface area contributed by atoms with E-state index in [1.165, 1.54) is 0 Å². The first-order chi connectivity index (χ1) is 17.9. The van der Waals surface area contributed by atoms with Crippen LogP contribution < -0.4 is 9.47 Å². The molecule has 0 saturated heterocycles. The highest BCUT2D eigenvalue weighted by Gasteiger charge is 2.24. The van der Waals surface area contributed by atoms with E-state index in [-0.39, 0.29) is 5.92 Å². The van der Waals surface area contributed by atoms with Crippen LogP contribution in [0.25, 0.3) is 32.8 Å². The Hall–Kier alpha value is -3.96. The molecule has 5 aromatic rings. The van der Waals surface area contributed by atoms with Crippen molar-refractivity contribution in [3.05, 3.63) is 95.5 Å². The maximum absolute atomic E-state index is 11.8. The fourth-order valence-corrected chi connectivity index (χ4v) is 5.10. The van der Waals surface area contributed by atoms with Crippen LogP contribution in [-0.2, 0) is 6.54 Å². The maximum atomic E-state index is 11.8. The predicted octanol–water partition coefficient (Wildman–Crippen LogP) is 8.76. The molecule has 0 bridgehead atoms. The van der Waals surface area contributed by atoms with Crippen LogP contribution >= 0.6 is 11.6 Å². The summed E-state index contributed by atoms with van der Waals surface area (Å²) in [5.74, 6) is 1.36. The van der Waals surface area contributed by atoms with Crippen LogP contribution in [0.15, 0.2) is 84.9 Å². The van der Waals surface area contributed by atoms with E-state index in [1.807, 2.05) is 71.3 Å². The number of rotatable bonds is 8. The fourth-order valence-electron chi connectivity index (χ4n) is 4.93. The number of hydrogen-bond donors (Lipinski definition) is 1. The number of fused-ring (bicyclic) bond motifs is 2. The van der Waals surface area contributed by atoms with Gasteiger partial charge in [0.2, 0.25) is 5.88 Å². The molecule has 0 unspecified atom stereocenters. The first-order valence-electron chi connectivity index (χ1n) is 12.4. The number of aryl methyl sites for hydroxylation is 1. The van der Waals surface area contributed by atoms with E-state index in [4.69, 9.17) is 21.1 Å². The van der Waals surface area contributed by atoms with Crippen LogP contribution in [0.4, 0.5) is 4.79 Å². The molecule has 0 aliphatic rings. The third kappa shape index (κ3) is 5.00. The van der Waals surface area contributed by atoms with E-state index < -0.39 is 6.16 Å². The summed E-state index contributed by atoms with van der Waals surface area (Å²) in [5, 5.41) is 13.3. The van der Waals surface area contributed by atoms with E-state index in [1.54, 1.807) is 0 Å². The summed E-state index contributed by atoms with van der Waals surface area (Å²) in [7, 11) is 0. The molecular formula is C31H28ClNO4. The van der Waals surface area contributed by atoms with Crippen molar-refractivity contribution in [2.75, 3.05) is 6.61 Å². The smallest absolute Gasteiger partial charge is 0.493 e. The van der Waals surface area contributed by atoms with E-state index >= 15 is 0 Å². The zero-order valence-electron chi connectivity index (χ0n) is 20.8. The molecule has 0 radical (unpaired) electrons. The lowest BCUT2D eigenvalue weighted by Gasteiger charge is -2.15. The number of halogens is 1. The molecule has 188 valence electrons. The standard InChI is InChI=1S/C31H28ClNO4/c1-20(2)23-11-5-6-13-25(23)29-26-19-22(32)15-16-27(26)33(30(29)37-31(34)35)17-8-18-36-28-14-7-10-21-9-3-4-12-24(21)28/h3-7,9-16,19-20H,8,17-18H2,1-2H3,(H,34,35). The highest BCUT2D eigenvalue weighted by Crippen LogP contribution is 2.44.